The summed E-state index contributed by atoms with van der Waals surface area (Å²) < 4.78 is 11.2. The van der Waals surface area contributed by atoms with Crippen molar-refractivity contribution in [1.29, 1.82) is 0 Å². The molecule has 0 amide bonds. The third-order valence-corrected chi connectivity index (χ3v) is 6.87. The van der Waals surface area contributed by atoms with Crippen LogP contribution in [0.5, 0.6) is 0 Å². The molecule has 0 spiro atoms. The molecule has 4 rings (SSSR count). The van der Waals surface area contributed by atoms with Crippen LogP contribution in [0.15, 0.2) is 120 Å². The van der Waals surface area contributed by atoms with Gasteiger partial charge in [0.25, 0.3) is 5.69 Å². The third kappa shape index (κ3) is 7.28. The molecule has 1 unspecified atom stereocenters. The zero-order valence-corrected chi connectivity index (χ0v) is 23.7. The molecule has 0 saturated heterocycles. The van der Waals surface area contributed by atoms with Crippen molar-refractivity contribution < 1.29 is 24.0 Å². The van der Waals surface area contributed by atoms with Crippen molar-refractivity contribution in [1.82, 2.24) is 5.32 Å². The van der Waals surface area contributed by atoms with E-state index >= 15 is 0 Å². The molecule has 3 aromatic carbocycles. The maximum atomic E-state index is 13.6. The lowest BCUT2D eigenvalue weighted by Gasteiger charge is -2.30. The first-order valence-corrected chi connectivity index (χ1v) is 13.5. The predicted octanol–water partition coefficient (Wildman–Crippen LogP) is 6.73. The van der Waals surface area contributed by atoms with Gasteiger partial charge in [-0.3, -0.25) is 10.1 Å². The van der Waals surface area contributed by atoms with Crippen molar-refractivity contribution in [3.63, 3.8) is 0 Å². The highest BCUT2D eigenvalue weighted by Crippen LogP contribution is 2.40. The Morgan fingerprint density at radius 2 is 1.45 bits per heavy atom. The van der Waals surface area contributed by atoms with Crippen molar-refractivity contribution in [3.8, 4) is 0 Å². The Labute approximate surface area is 244 Å². The Hall–Kier alpha value is -5.24. The van der Waals surface area contributed by atoms with E-state index in [-0.39, 0.29) is 30.0 Å². The number of nitro groups is 1. The number of allylic oxidation sites excluding steroid dienone is 3. The van der Waals surface area contributed by atoms with Gasteiger partial charge in [0, 0.05) is 23.5 Å². The third-order valence-electron chi connectivity index (χ3n) is 6.87. The lowest BCUT2D eigenvalue weighted by atomic mass is 9.80. The lowest BCUT2D eigenvalue weighted by molar-refractivity contribution is -0.384. The minimum atomic E-state index is -0.941. The van der Waals surface area contributed by atoms with Crippen LogP contribution in [0, 0.1) is 10.1 Å². The molecule has 1 aliphatic heterocycles. The molecule has 8 nitrogen and oxygen atoms in total. The molecule has 42 heavy (non-hydrogen) atoms. The molecule has 214 valence electrons. The van der Waals surface area contributed by atoms with E-state index in [1.807, 2.05) is 73.7 Å². The van der Waals surface area contributed by atoms with Crippen LogP contribution in [0.25, 0.3) is 11.6 Å². The maximum absolute atomic E-state index is 13.6. The zero-order chi connectivity index (χ0) is 30.1. The molecule has 0 aliphatic carbocycles. The van der Waals surface area contributed by atoms with Gasteiger partial charge in [-0.15, -0.1) is 0 Å². The second kappa shape index (κ2) is 13.9. The Bertz CT molecular complexity index is 1590. The fraction of sp³-hybridized carbons (Fsp3) is 0.176. The standard InChI is InChI=1S/C34H32N2O6/c1-23(27-15-8-5-9-16-27)19-21-42-34(38)31-25(3)35-24(2)30(32(31)28-17-10-18-29(22-28)36(39)40)33(37)41-20-11-14-26-12-6-4-7-13-26/h4-19,22,32,35H,20-21H2,1-3H3/b14-11+,23-19?. The second-order valence-corrected chi connectivity index (χ2v) is 9.75. The van der Waals surface area contributed by atoms with Crippen LogP contribution in [0.1, 0.15) is 43.4 Å². The summed E-state index contributed by atoms with van der Waals surface area (Å²) in [4.78, 5) is 38.1. The first-order valence-electron chi connectivity index (χ1n) is 13.5. The average Bonchev–Trinajstić information content (AvgIpc) is 2.99. The number of carbonyl (C=O) groups is 2. The highest BCUT2D eigenvalue weighted by atomic mass is 16.6. The molecule has 1 N–H and O–H groups in total. The van der Waals surface area contributed by atoms with Crippen molar-refractivity contribution >= 4 is 29.3 Å². The molecular weight excluding hydrogens is 532 g/mol. The molecule has 0 bridgehead atoms. The number of nitrogens with one attached hydrogen (secondary N) is 1. The summed E-state index contributed by atoms with van der Waals surface area (Å²) in [6, 6.07) is 25.2. The molecule has 0 aromatic heterocycles. The summed E-state index contributed by atoms with van der Waals surface area (Å²) in [7, 11) is 0. The molecule has 1 atom stereocenters. The fourth-order valence-electron chi connectivity index (χ4n) is 4.78. The minimum Gasteiger partial charge on any atom is -0.458 e. The summed E-state index contributed by atoms with van der Waals surface area (Å²) in [5.74, 6) is -2.23. The highest BCUT2D eigenvalue weighted by Gasteiger charge is 2.38. The molecule has 1 aliphatic rings. The number of esters is 2. The maximum Gasteiger partial charge on any atom is 0.337 e. The number of ether oxygens (including phenoxy) is 2. The summed E-state index contributed by atoms with van der Waals surface area (Å²) in [5, 5.41) is 14.7. The SMILES string of the molecule is CC(=CCOC(=O)C1=C(C)NC(C)=C(C(=O)OC/C=C/c2ccccc2)C1c1cccc([N+](=O)[O-])c1)c1ccccc1. The van der Waals surface area contributed by atoms with E-state index in [4.69, 9.17) is 9.47 Å². The van der Waals surface area contributed by atoms with Gasteiger partial charge in [0.1, 0.15) is 13.2 Å². The number of non-ortho nitro benzene ring substituents is 1. The fourth-order valence-corrected chi connectivity index (χ4v) is 4.78. The number of carbonyl (C=O) groups excluding carboxylic acids is 2. The van der Waals surface area contributed by atoms with Gasteiger partial charge in [-0.2, -0.15) is 0 Å². The van der Waals surface area contributed by atoms with Gasteiger partial charge < -0.3 is 14.8 Å². The summed E-state index contributed by atoms with van der Waals surface area (Å²) >= 11 is 0. The van der Waals surface area contributed by atoms with E-state index in [1.54, 1.807) is 32.1 Å². The lowest BCUT2D eigenvalue weighted by Crippen LogP contribution is -2.32. The summed E-state index contributed by atoms with van der Waals surface area (Å²) in [5.41, 5.74) is 4.47. The van der Waals surface area contributed by atoms with Crippen LogP contribution in [-0.4, -0.2) is 30.1 Å². The zero-order valence-electron chi connectivity index (χ0n) is 23.7. The normalized spacial score (nSPS) is 15.4. The van der Waals surface area contributed by atoms with Gasteiger partial charge in [-0.1, -0.05) is 78.9 Å². The minimum absolute atomic E-state index is 0.00179. The molecule has 0 fully saturated rings. The van der Waals surface area contributed by atoms with E-state index in [0.717, 1.165) is 16.7 Å². The summed E-state index contributed by atoms with van der Waals surface area (Å²) in [6.45, 7) is 5.34. The monoisotopic (exact) mass is 564 g/mol. The smallest absolute Gasteiger partial charge is 0.337 e. The van der Waals surface area contributed by atoms with Gasteiger partial charge >= 0.3 is 11.9 Å². The van der Waals surface area contributed by atoms with E-state index in [2.05, 4.69) is 5.32 Å². The number of hydrogen-bond acceptors (Lipinski definition) is 7. The number of nitrogens with zero attached hydrogens (tertiary/aromatic N) is 1. The highest BCUT2D eigenvalue weighted by molar-refractivity contribution is 6.00. The van der Waals surface area contributed by atoms with Crippen LogP contribution >= 0.6 is 0 Å². The molecule has 8 heteroatoms. The topological polar surface area (TPSA) is 108 Å². The Balaban J connectivity index is 1.61. The van der Waals surface area contributed by atoms with Gasteiger partial charge in [-0.05, 0) is 55.2 Å². The molecule has 3 aromatic rings. The van der Waals surface area contributed by atoms with Gasteiger partial charge in [-0.25, -0.2) is 9.59 Å². The van der Waals surface area contributed by atoms with Gasteiger partial charge in [0.2, 0.25) is 0 Å². The van der Waals surface area contributed by atoms with Crippen molar-refractivity contribution in [3.05, 3.63) is 146 Å². The first kappa shape index (κ1) is 29.7. The number of benzene rings is 3. The predicted molar refractivity (Wildman–Crippen MR) is 162 cm³/mol. The molecular formula is C34H32N2O6. The van der Waals surface area contributed by atoms with E-state index in [0.29, 0.717) is 17.0 Å². The van der Waals surface area contributed by atoms with Gasteiger partial charge in [0.05, 0.1) is 22.0 Å². The Morgan fingerprint density at radius 1 is 0.857 bits per heavy atom. The van der Waals surface area contributed by atoms with E-state index < -0.39 is 22.8 Å². The molecule has 0 radical (unpaired) electrons. The quantitative estimate of drug-likeness (QED) is 0.165. The second-order valence-electron chi connectivity index (χ2n) is 9.75. The summed E-state index contributed by atoms with van der Waals surface area (Å²) in [6.07, 6.45) is 5.36. The van der Waals surface area contributed by atoms with Crippen molar-refractivity contribution in [2.24, 2.45) is 0 Å². The largest absolute Gasteiger partial charge is 0.458 e. The molecule has 1 heterocycles. The van der Waals surface area contributed by atoms with Crippen LogP contribution < -0.4 is 5.32 Å². The van der Waals surface area contributed by atoms with Crippen molar-refractivity contribution in [2.45, 2.75) is 26.7 Å². The van der Waals surface area contributed by atoms with Crippen LogP contribution in [0.2, 0.25) is 0 Å². The van der Waals surface area contributed by atoms with Crippen molar-refractivity contribution in [2.75, 3.05) is 13.2 Å². The Kier molecular flexibility index (Phi) is 9.84. The number of dihydropyridines is 1. The first-order chi connectivity index (χ1) is 20.3. The average molecular weight is 565 g/mol. The van der Waals surface area contributed by atoms with E-state index in [1.165, 1.54) is 18.2 Å². The van der Waals surface area contributed by atoms with Gasteiger partial charge in [0.15, 0.2) is 0 Å². The number of nitro benzene ring substituents is 1. The van der Waals surface area contributed by atoms with Crippen LogP contribution in [0.3, 0.4) is 0 Å². The number of hydrogen-bond donors (Lipinski definition) is 1. The molecule has 0 saturated carbocycles. The van der Waals surface area contributed by atoms with Crippen LogP contribution in [0.4, 0.5) is 5.69 Å². The van der Waals surface area contributed by atoms with Crippen LogP contribution in [-0.2, 0) is 19.1 Å². The Morgan fingerprint density at radius 3 is 2.07 bits per heavy atom. The van der Waals surface area contributed by atoms with E-state index in [9.17, 15) is 19.7 Å². The number of rotatable bonds is 10.